The molecule has 0 aliphatic rings. The zero-order chi connectivity index (χ0) is 0. The highest BCUT2D eigenvalue weighted by molar-refractivity contribution is 7.60. The molecule has 0 amide bonds. The van der Waals surface area contributed by atoms with E-state index in [0.717, 1.165) is 0 Å². The average molecular weight is 510 g/mol. The molecule has 0 aromatic heterocycles. The van der Waals surface area contributed by atoms with Crippen LogP contribution >= 0.6 is 166 Å². The molecule has 0 aliphatic heterocycles. The van der Waals surface area contributed by atoms with Gasteiger partial charge in [0, 0.05) is 0 Å². The van der Waals surface area contributed by atoms with Crippen LogP contribution in [-0.2, 0) is 0 Å². The van der Waals surface area contributed by atoms with Gasteiger partial charge in [0.1, 0.15) is 0 Å². The van der Waals surface area contributed by atoms with Gasteiger partial charge in [0.15, 0.2) is 0 Å². The van der Waals surface area contributed by atoms with E-state index in [0.29, 0.717) is 0 Å². The Balaban J connectivity index is 0. The maximum absolute atomic E-state index is 0. The minimum atomic E-state index is 0. The fourth-order valence-electron chi connectivity index (χ4n) is 0. The number of hydrogen-bond acceptors (Lipinski definition) is 0. The molecule has 10 unspecified atom stereocenters. The Morgan fingerprint density at radius 1 is 0.133 bits per heavy atom. The Hall–Kier alpha value is 6.05. The Morgan fingerprint density at radius 2 is 0.133 bits per heavy atom. The van der Waals surface area contributed by atoms with Crippen LogP contribution in [0.5, 0.6) is 0 Å². The highest BCUT2D eigenvalue weighted by Crippen LogP contribution is 0.870. The van der Waals surface area contributed by atoms with E-state index in [1.165, 1.54) is 0 Å². The second kappa shape index (κ2) is 199. The van der Waals surface area contributed by atoms with Crippen molar-refractivity contribution in [2.45, 2.75) is 0 Å². The molecule has 0 bridgehead atoms. The largest absolute Gasteiger partial charge is 0.197 e. The first-order valence-corrected chi connectivity index (χ1v) is 0. The second-order valence-corrected chi connectivity index (χ2v) is 0. The third kappa shape index (κ3) is 178. The van der Waals surface area contributed by atoms with Crippen molar-refractivity contribution in [1.29, 1.82) is 0 Å². The smallest absolute Gasteiger partial charge is 0.153 e. The van der Waals surface area contributed by atoms with E-state index in [1.807, 2.05) is 0 Å². The summed E-state index contributed by atoms with van der Waals surface area (Å²) in [7, 11) is 0. The summed E-state index contributed by atoms with van der Waals surface area (Å²) in [6, 6.07) is 0. The van der Waals surface area contributed by atoms with Crippen molar-refractivity contribution in [3.8, 4) is 0 Å². The Kier molecular flexibility index (Phi) is 3060. The fraction of sp³-hybridized carbons (Fsp3) is 0. The summed E-state index contributed by atoms with van der Waals surface area (Å²) in [6.45, 7) is 0. The Morgan fingerprint density at radius 3 is 0.133 bits per heavy atom. The lowest BCUT2D eigenvalue weighted by Crippen LogP contribution is 0.647. The standard InChI is InChI=1S/10H3P.5H2S/h10*1H3;5*1H2. The van der Waals surface area contributed by atoms with Crippen molar-refractivity contribution in [1.82, 2.24) is 0 Å². The summed E-state index contributed by atoms with van der Waals surface area (Å²) in [5, 5.41) is 0. The van der Waals surface area contributed by atoms with Crippen molar-refractivity contribution in [2.75, 3.05) is 0 Å². The van der Waals surface area contributed by atoms with E-state index in [4.69, 9.17) is 0 Å². The van der Waals surface area contributed by atoms with Crippen LogP contribution < -0.4 is 0 Å². The van der Waals surface area contributed by atoms with Crippen LogP contribution in [0.25, 0.3) is 0 Å². The molecule has 0 heterocycles. The van der Waals surface area contributed by atoms with E-state index in [9.17, 15) is 0 Å². The van der Waals surface area contributed by atoms with Crippen LogP contribution in [0.3, 0.4) is 0 Å². The molecule has 0 spiro atoms. The molecule has 0 N–H and O–H groups in total. The van der Waals surface area contributed by atoms with Gasteiger partial charge in [0.05, 0.1) is 0 Å². The molecular weight excluding hydrogens is 470 g/mol. The van der Waals surface area contributed by atoms with E-state index in [1.54, 1.807) is 0 Å². The van der Waals surface area contributed by atoms with Crippen LogP contribution in [0.15, 0.2) is 0 Å². The summed E-state index contributed by atoms with van der Waals surface area (Å²) in [5.41, 5.74) is 0. The lowest BCUT2D eigenvalue weighted by Gasteiger charge is -0.198. The topological polar surface area (TPSA) is 0 Å². The van der Waals surface area contributed by atoms with Gasteiger partial charge in [0.25, 0.3) is 0 Å². The lowest BCUT2D eigenvalue weighted by molar-refractivity contribution is 6.92. The molecule has 0 fully saturated rings. The zero-order valence-corrected chi connectivity index (χ0v) is 28.7. The summed E-state index contributed by atoms with van der Waals surface area (Å²) in [5.74, 6) is 0. The quantitative estimate of drug-likeness (QED) is 0.430. The molecule has 0 saturated heterocycles. The van der Waals surface area contributed by atoms with Gasteiger partial charge in [-0.2, -0.15) is 166 Å². The van der Waals surface area contributed by atoms with Gasteiger partial charge in [-0.15, -0.1) is 0 Å². The predicted octanol–water partition coefficient (Wildman–Crippen LogP) is 1.15. The van der Waals surface area contributed by atoms with Crippen molar-refractivity contribution in [3.05, 3.63) is 0 Å². The first-order chi connectivity index (χ1) is 0. The number of hydrogen-bond donors (Lipinski definition) is 0. The van der Waals surface area contributed by atoms with Gasteiger partial charge in [-0.05, 0) is 0 Å². The minimum Gasteiger partial charge on any atom is -0.197 e. The third-order valence-electron chi connectivity index (χ3n) is 0. The number of rotatable bonds is 0. The molecular formula is H40P10S5. The van der Waals surface area contributed by atoms with Gasteiger partial charge in [-0.3, -0.25) is 0 Å². The minimum absolute atomic E-state index is 0. The van der Waals surface area contributed by atoms with E-state index in [-0.39, 0.29) is 166 Å². The Labute approximate surface area is 165 Å². The molecule has 0 aromatic carbocycles. The molecule has 0 aliphatic carbocycles. The summed E-state index contributed by atoms with van der Waals surface area (Å²) in [6.07, 6.45) is 0. The van der Waals surface area contributed by atoms with Gasteiger partial charge < -0.3 is 0 Å². The summed E-state index contributed by atoms with van der Waals surface area (Å²) >= 11 is 0. The first-order valence-electron chi connectivity index (χ1n) is 0. The SMILES string of the molecule is P.P.P.P.P.P.P.P.P.P.S.S.S.S.S. The van der Waals surface area contributed by atoms with Crippen molar-refractivity contribution in [2.24, 2.45) is 0 Å². The fourth-order valence-corrected chi connectivity index (χ4v) is 0. The predicted molar refractivity (Wildman–Crippen MR) is 163 cm³/mol. The molecule has 0 aromatic rings. The van der Waals surface area contributed by atoms with Crippen LogP contribution in [-0.4, -0.2) is 0 Å². The van der Waals surface area contributed by atoms with Gasteiger partial charge >= 0.3 is 0 Å². The summed E-state index contributed by atoms with van der Waals surface area (Å²) in [4.78, 5) is 0. The molecule has 0 rings (SSSR count). The van der Waals surface area contributed by atoms with Crippen molar-refractivity contribution < 1.29 is 0 Å². The molecule has 120 valence electrons. The highest BCUT2D eigenvalue weighted by atomic mass is 32.1. The molecule has 15 heteroatoms. The molecule has 15 heavy (non-hydrogen) atoms. The summed E-state index contributed by atoms with van der Waals surface area (Å²) < 4.78 is 0. The van der Waals surface area contributed by atoms with E-state index >= 15 is 0 Å². The highest BCUT2D eigenvalue weighted by Gasteiger charge is -0.143. The average Bonchev–Trinajstić information content (AvgIpc) is 0. The van der Waals surface area contributed by atoms with Crippen LogP contribution in [0.1, 0.15) is 0 Å². The molecule has 0 nitrogen and oxygen atoms in total. The van der Waals surface area contributed by atoms with Gasteiger partial charge in [-0.1, -0.05) is 0 Å². The first kappa shape index (κ1) is 231. The lowest BCUT2D eigenvalue weighted by atomic mass is 31.0. The third-order valence-corrected chi connectivity index (χ3v) is 0. The van der Waals surface area contributed by atoms with Crippen molar-refractivity contribution >= 4 is 166 Å². The monoisotopic (exact) mass is 510 g/mol. The van der Waals surface area contributed by atoms with Crippen LogP contribution in [0.4, 0.5) is 0 Å². The molecule has 0 radical (unpaired) electrons. The van der Waals surface area contributed by atoms with E-state index < -0.39 is 0 Å². The van der Waals surface area contributed by atoms with Crippen molar-refractivity contribution in [3.63, 3.8) is 0 Å². The van der Waals surface area contributed by atoms with E-state index in [2.05, 4.69) is 0 Å². The maximum atomic E-state index is 0. The maximum Gasteiger partial charge on any atom is -0.153 e. The normalized spacial score (nSPS) is 0. The van der Waals surface area contributed by atoms with Crippen LogP contribution in [0, 0.1) is 0 Å². The van der Waals surface area contributed by atoms with Crippen LogP contribution in [0.2, 0.25) is 0 Å². The second-order valence-electron chi connectivity index (χ2n) is 0. The van der Waals surface area contributed by atoms with Gasteiger partial charge in [0.2, 0.25) is 0 Å². The zero-order valence-electron chi connectivity index (χ0n) is 9.57. The molecule has 0 saturated carbocycles. The molecule has 10 atom stereocenters. The van der Waals surface area contributed by atoms with Gasteiger partial charge in [-0.25, -0.2) is 0 Å². The Bertz CT molecular complexity index is 13.8.